The zero-order valence-electron chi connectivity index (χ0n) is 12.7. The monoisotopic (exact) mass is 292 g/mol. The molecule has 1 aromatic carbocycles. The highest BCUT2D eigenvalue weighted by molar-refractivity contribution is 5.34. The summed E-state index contributed by atoms with van der Waals surface area (Å²) in [6.45, 7) is 3.91. The van der Waals surface area contributed by atoms with Crippen LogP contribution in [0.3, 0.4) is 0 Å². The molecule has 0 spiro atoms. The number of ether oxygens (including phenoxy) is 1. The molecular formula is C18H22F2O. The molecule has 1 aromatic rings. The summed E-state index contributed by atoms with van der Waals surface area (Å²) >= 11 is 0. The number of halogens is 2. The molecule has 2 rings (SSSR count). The van der Waals surface area contributed by atoms with Crippen LogP contribution in [-0.2, 0) is 0 Å². The van der Waals surface area contributed by atoms with Crippen LogP contribution in [0.4, 0.5) is 8.78 Å². The van der Waals surface area contributed by atoms with Gasteiger partial charge in [-0.15, -0.1) is 0 Å². The van der Waals surface area contributed by atoms with E-state index in [0.717, 1.165) is 32.1 Å². The second kappa shape index (κ2) is 7.39. The van der Waals surface area contributed by atoms with Crippen LogP contribution in [-0.4, -0.2) is 0 Å². The Morgan fingerprint density at radius 3 is 2.71 bits per heavy atom. The molecule has 21 heavy (non-hydrogen) atoms. The SMILES string of the molecule is C/C=C/Oc1ccc(C2CC=C(CCC)CC2)c(F)c1F. The zero-order valence-corrected chi connectivity index (χ0v) is 12.7. The van der Waals surface area contributed by atoms with E-state index in [1.165, 1.54) is 17.9 Å². The minimum atomic E-state index is -0.895. The molecule has 0 bridgehead atoms. The Bertz CT molecular complexity index is 546. The van der Waals surface area contributed by atoms with Gasteiger partial charge in [-0.05, 0) is 50.2 Å². The van der Waals surface area contributed by atoms with Crippen molar-refractivity contribution in [3.63, 3.8) is 0 Å². The maximum absolute atomic E-state index is 14.2. The highest BCUT2D eigenvalue weighted by Gasteiger charge is 2.22. The third kappa shape index (κ3) is 3.72. The van der Waals surface area contributed by atoms with Crippen LogP contribution < -0.4 is 4.74 Å². The van der Waals surface area contributed by atoms with E-state index < -0.39 is 11.6 Å². The maximum Gasteiger partial charge on any atom is 0.201 e. The molecule has 0 aliphatic heterocycles. The molecule has 1 atom stereocenters. The van der Waals surface area contributed by atoms with E-state index >= 15 is 0 Å². The van der Waals surface area contributed by atoms with Gasteiger partial charge in [0.25, 0.3) is 0 Å². The van der Waals surface area contributed by atoms with Crippen LogP contribution in [0.1, 0.15) is 57.4 Å². The van der Waals surface area contributed by atoms with Gasteiger partial charge < -0.3 is 4.74 Å². The number of hydrogen-bond donors (Lipinski definition) is 0. The molecule has 0 amide bonds. The lowest BCUT2D eigenvalue weighted by molar-refractivity contribution is 0.406. The quantitative estimate of drug-likeness (QED) is 0.487. The Kier molecular flexibility index (Phi) is 5.54. The minimum Gasteiger partial charge on any atom is -0.462 e. The van der Waals surface area contributed by atoms with Gasteiger partial charge in [0.2, 0.25) is 5.82 Å². The molecule has 1 nitrogen and oxygen atoms in total. The van der Waals surface area contributed by atoms with Gasteiger partial charge in [0.15, 0.2) is 11.6 Å². The molecule has 0 N–H and O–H groups in total. The summed E-state index contributed by atoms with van der Waals surface area (Å²) in [6.07, 6.45) is 10.1. The fourth-order valence-corrected chi connectivity index (χ4v) is 2.81. The molecule has 0 heterocycles. The molecule has 0 saturated carbocycles. The third-order valence-electron chi connectivity index (χ3n) is 3.92. The number of allylic oxidation sites excluding steroid dienone is 3. The Labute approximate surface area is 125 Å². The Balaban J connectivity index is 2.16. The Morgan fingerprint density at radius 2 is 2.10 bits per heavy atom. The number of rotatable bonds is 5. The Morgan fingerprint density at radius 1 is 1.29 bits per heavy atom. The topological polar surface area (TPSA) is 9.23 Å². The van der Waals surface area contributed by atoms with Crippen molar-refractivity contribution in [1.29, 1.82) is 0 Å². The summed E-state index contributed by atoms with van der Waals surface area (Å²) in [4.78, 5) is 0. The lowest BCUT2D eigenvalue weighted by atomic mass is 9.83. The second-order valence-electron chi connectivity index (χ2n) is 5.45. The van der Waals surface area contributed by atoms with E-state index in [1.807, 2.05) is 0 Å². The molecular weight excluding hydrogens is 270 g/mol. The second-order valence-corrected chi connectivity index (χ2v) is 5.45. The van der Waals surface area contributed by atoms with Crippen LogP contribution >= 0.6 is 0 Å². The molecule has 0 aromatic heterocycles. The molecule has 114 valence electrons. The first-order chi connectivity index (χ1) is 10.2. The molecule has 0 fully saturated rings. The van der Waals surface area contributed by atoms with Crippen LogP contribution in [0, 0.1) is 11.6 Å². The summed E-state index contributed by atoms with van der Waals surface area (Å²) in [5.74, 6) is -1.66. The zero-order chi connectivity index (χ0) is 15.2. The smallest absolute Gasteiger partial charge is 0.201 e. The van der Waals surface area contributed by atoms with Gasteiger partial charge in [-0.2, -0.15) is 4.39 Å². The lowest BCUT2D eigenvalue weighted by Gasteiger charge is -2.23. The van der Waals surface area contributed by atoms with E-state index in [4.69, 9.17) is 4.74 Å². The average Bonchev–Trinajstić information content (AvgIpc) is 2.50. The van der Waals surface area contributed by atoms with Crippen molar-refractivity contribution in [1.82, 2.24) is 0 Å². The van der Waals surface area contributed by atoms with Gasteiger partial charge in [0, 0.05) is 0 Å². The first-order valence-electron chi connectivity index (χ1n) is 7.61. The van der Waals surface area contributed by atoms with Crippen molar-refractivity contribution in [3.05, 3.63) is 53.3 Å². The first kappa shape index (κ1) is 15.7. The Hall–Kier alpha value is -1.64. The molecule has 3 heteroatoms. The summed E-state index contributed by atoms with van der Waals surface area (Å²) in [6, 6.07) is 3.17. The van der Waals surface area contributed by atoms with Crippen molar-refractivity contribution in [2.24, 2.45) is 0 Å². The fourth-order valence-electron chi connectivity index (χ4n) is 2.81. The number of benzene rings is 1. The van der Waals surface area contributed by atoms with Crippen LogP contribution in [0.25, 0.3) is 0 Å². The van der Waals surface area contributed by atoms with Gasteiger partial charge in [0.05, 0.1) is 6.26 Å². The molecule has 1 aliphatic rings. The van der Waals surface area contributed by atoms with Gasteiger partial charge >= 0.3 is 0 Å². The van der Waals surface area contributed by atoms with Crippen molar-refractivity contribution in [2.45, 2.75) is 51.9 Å². The number of hydrogen-bond acceptors (Lipinski definition) is 1. The van der Waals surface area contributed by atoms with Crippen LogP contribution in [0.5, 0.6) is 5.75 Å². The molecule has 0 radical (unpaired) electrons. The minimum absolute atomic E-state index is 0.0626. The first-order valence-corrected chi connectivity index (χ1v) is 7.61. The predicted molar refractivity (Wildman–Crippen MR) is 81.4 cm³/mol. The van der Waals surface area contributed by atoms with Crippen LogP contribution in [0.15, 0.2) is 36.1 Å². The average molecular weight is 292 g/mol. The van der Waals surface area contributed by atoms with E-state index in [-0.39, 0.29) is 11.7 Å². The highest BCUT2D eigenvalue weighted by Crippen LogP contribution is 2.36. The van der Waals surface area contributed by atoms with Crippen molar-refractivity contribution >= 4 is 0 Å². The largest absolute Gasteiger partial charge is 0.462 e. The van der Waals surface area contributed by atoms with E-state index in [1.54, 1.807) is 19.1 Å². The van der Waals surface area contributed by atoms with Crippen molar-refractivity contribution in [2.75, 3.05) is 0 Å². The predicted octanol–water partition coefficient (Wildman–Crippen LogP) is 5.87. The molecule has 0 saturated heterocycles. The van der Waals surface area contributed by atoms with Crippen molar-refractivity contribution < 1.29 is 13.5 Å². The van der Waals surface area contributed by atoms with Gasteiger partial charge in [-0.1, -0.05) is 37.1 Å². The van der Waals surface area contributed by atoms with Gasteiger partial charge in [-0.3, -0.25) is 0 Å². The van der Waals surface area contributed by atoms with Crippen LogP contribution in [0.2, 0.25) is 0 Å². The third-order valence-corrected chi connectivity index (χ3v) is 3.92. The van der Waals surface area contributed by atoms with E-state index in [9.17, 15) is 8.78 Å². The normalized spacial score (nSPS) is 18.9. The molecule has 1 aliphatic carbocycles. The summed E-state index contributed by atoms with van der Waals surface area (Å²) in [7, 11) is 0. The van der Waals surface area contributed by atoms with E-state index in [0.29, 0.717) is 5.56 Å². The van der Waals surface area contributed by atoms with Crippen molar-refractivity contribution in [3.8, 4) is 5.75 Å². The van der Waals surface area contributed by atoms with Gasteiger partial charge in [0.1, 0.15) is 0 Å². The van der Waals surface area contributed by atoms with Gasteiger partial charge in [-0.25, -0.2) is 4.39 Å². The summed E-state index contributed by atoms with van der Waals surface area (Å²) < 4.78 is 33.3. The highest BCUT2D eigenvalue weighted by atomic mass is 19.2. The fraction of sp³-hybridized carbons (Fsp3) is 0.444. The maximum atomic E-state index is 14.2. The lowest BCUT2D eigenvalue weighted by Crippen LogP contribution is -2.08. The summed E-state index contributed by atoms with van der Waals surface area (Å²) in [5.41, 5.74) is 1.91. The van der Waals surface area contributed by atoms with E-state index in [2.05, 4.69) is 13.0 Å². The summed E-state index contributed by atoms with van der Waals surface area (Å²) in [5, 5.41) is 0. The standard InChI is InChI=1S/C18H22F2O/c1-3-5-13-6-8-14(9-7-13)15-10-11-16(21-12-4-2)18(20)17(15)19/h4,6,10-12,14H,3,5,7-9H2,1-2H3/b12-4+. The molecule has 1 unspecified atom stereocenters.